The molecule has 0 bridgehead atoms. The molecular weight excluding hydrogens is 364 g/mol. The van der Waals surface area contributed by atoms with Crippen LogP contribution in [0.25, 0.3) is 11.0 Å². The summed E-state index contributed by atoms with van der Waals surface area (Å²) in [5.41, 5.74) is -0.451. The molecule has 0 amide bonds. The Bertz CT molecular complexity index is 861. The van der Waals surface area contributed by atoms with Crippen molar-refractivity contribution < 1.29 is 43.8 Å². The number of hydrogen-bond donors (Lipinski definition) is 4. The normalized spacial score (nSPS) is 28.1. The van der Waals surface area contributed by atoms with Gasteiger partial charge in [0.1, 0.15) is 30.0 Å². The van der Waals surface area contributed by atoms with Crippen LogP contribution in [0.15, 0.2) is 27.4 Å². The highest BCUT2D eigenvalue weighted by molar-refractivity contribution is 5.89. The van der Waals surface area contributed by atoms with Gasteiger partial charge in [-0.05, 0) is 6.07 Å². The van der Waals surface area contributed by atoms with E-state index in [4.69, 9.17) is 23.4 Å². The van der Waals surface area contributed by atoms with Crippen LogP contribution in [0.3, 0.4) is 0 Å². The molecule has 1 aliphatic rings. The fraction of sp³-hybridized carbons (Fsp3) is 0.471. The third kappa shape index (κ3) is 3.45. The number of rotatable bonds is 5. The van der Waals surface area contributed by atoms with Gasteiger partial charge in [0, 0.05) is 12.1 Å². The van der Waals surface area contributed by atoms with Gasteiger partial charge in [-0.1, -0.05) is 0 Å². The smallest absolute Gasteiger partial charge is 0.336 e. The highest BCUT2D eigenvalue weighted by Gasteiger charge is 2.45. The number of aliphatic hydroxyl groups excluding tert-OH is 4. The van der Waals surface area contributed by atoms with Gasteiger partial charge in [-0.25, -0.2) is 4.79 Å². The van der Waals surface area contributed by atoms with E-state index in [2.05, 4.69) is 0 Å². The van der Waals surface area contributed by atoms with Crippen LogP contribution in [-0.2, 0) is 4.74 Å². The van der Waals surface area contributed by atoms with Crippen molar-refractivity contribution in [1.82, 2.24) is 0 Å². The Morgan fingerprint density at radius 1 is 1.04 bits per heavy atom. The molecule has 1 aromatic carbocycles. The summed E-state index contributed by atoms with van der Waals surface area (Å²) >= 11 is 0. The average Bonchev–Trinajstić information content (AvgIpc) is 2.67. The van der Waals surface area contributed by atoms with Crippen LogP contribution in [0.4, 0.5) is 0 Å². The van der Waals surface area contributed by atoms with Crippen LogP contribution in [0.1, 0.15) is 0 Å². The Morgan fingerprint density at radius 3 is 2.41 bits per heavy atom. The third-order valence-corrected chi connectivity index (χ3v) is 4.31. The van der Waals surface area contributed by atoms with Crippen LogP contribution in [0.5, 0.6) is 17.2 Å². The first-order valence-corrected chi connectivity index (χ1v) is 8.07. The summed E-state index contributed by atoms with van der Waals surface area (Å²) in [6.07, 6.45) is -7.34. The predicted molar refractivity (Wildman–Crippen MR) is 90.0 cm³/mol. The Balaban J connectivity index is 2.08. The van der Waals surface area contributed by atoms with E-state index in [1.54, 1.807) is 0 Å². The van der Waals surface area contributed by atoms with Crippen molar-refractivity contribution >= 4 is 11.0 Å². The van der Waals surface area contributed by atoms with Crippen molar-refractivity contribution in [2.24, 2.45) is 0 Å². The van der Waals surface area contributed by atoms with E-state index >= 15 is 0 Å². The van der Waals surface area contributed by atoms with Crippen LogP contribution in [0.2, 0.25) is 0 Å². The number of methoxy groups -OCH3 is 2. The molecule has 27 heavy (non-hydrogen) atoms. The van der Waals surface area contributed by atoms with Crippen molar-refractivity contribution in [3.05, 3.63) is 28.6 Å². The van der Waals surface area contributed by atoms with Crippen LogP contribution in [0, 0.1) is 0 Å². The van der Waals surface area contributed by atoms with Gasteiger partial charge in [0.25, 0.3) is 0 Å². The summed E-state index contributed by atoms with van der Waals surface area (Å²) in [6, 6.07) is 4.05. The molecule has 1 fully saturated rings. The summed E-state index contributed by atoms with van der Waals surface area (Å²) in [5.74, 6) is 0.356. The van der Waals surface area contributed by atoms with Gasteiger partial charge in [-0.2, -0.15) is 0 Å². The molecule has 2 heterocycles. The molecule has 0 radical (unpaired) electrons. The zero-order chi connectivity index (χ0) is 19.7. The highest BCUT2D eigenvalue weighted by atomic mass is 16.7. The maximum absolute atomic E-state index is 11.5. The summed E-state index contributed by atoms with van der Waals surface area (Å²) < 4.78 is 26.7. The van der Waals surface area contributed by atoms with E-state index < -0.39 is 42.9 Å². The summed E-state index contributed by atoms with van der Waals surface area (Å²) in [4.78, 5) is 11.5. The first-order chi connectivity index (χ1) is 12.9. The maximum Gasteiger partial charge on any atom is 0.336 e. The second-order valence-electron chi connectivity index (χ2n) is 5.92. The third-order valence-electron chi connectivity index (χ3n) is 4.31. The van der Waals surface area contributed by atoms with Gasteiger partial charge in [0.2, 0.25) is 12.0 Å². The zero-order valence-corrected chi connectivity index (χ0v) is 14.6. The monoisotopic (exact) mass is 384 g/mol. The van der Waals surface area contributed by atoms with Crippen molar-refractivity contribution in [1.29, 1.82) is 0 Å². The molecule has 0 saturated carbocycles. The molecule has 1 aliphatic heterocycles. The second kappa shape index (κ2) is 7.71. The van der Waals surface area contributed by atoms with E-state index in [9.17, 15) is 25.2 Å². The molecule has 3 rings (SSSR count). The zero-order valence-electron chi connectivity index (χ0n) is 14.6. The standard InChI is InChI=1S/C17H20O10/c1-23-9-5-8-7(3-4-11(19)25-8)15(16(9)24-2)27-17-14(22)13(21)12(20)10(6-18)26-17/h3-5,10,12-14,17-18,20-22H,6H2,1-2H3/t10-,12-,13+,14+,17-/m0/s1. The number of ether oxygens (including phenoxy) is 4. The molecule has 148 valence electrons. The summed E-state index contributed by atoms with van der Waals surface area (Å²) in [6.45, 7) is -0.602. The molecule has 0 unspecified atom stereocenters. The van der Waals surface area contributed by atoms with Crippen LogP contribution < -0.4 is 19.8 Å². The molecule has 1 saturated heterocycles. The first-order valence-electron chi connectivity index (χ1n) is 8.07. The summed E-state index contributed by atoms with van der Waals surface area (Å²) in [7, 11) is 2.74. The molecule has 10 nitrogen and oxygen atoms in total. The molecule has 0 spiro atoms. The van der Waals surface area contributed by atoms with Gasteiger partial charge in [-0.3, -0.25) is 0 Å². The second-order valence-corrected chi connectivity index (χ2v) is 5.92. The van der Waals surface area contributed by atoms with E-state index in [0.717, 1.165) is 0 Å². The van der Waals surface area contributed by atoms with Gasteiger partial charge >= 0.3 is 5.63 Å². The van der Waals surface area contributed by atoms with E-state index in [-0.39, 0.29) is 22.8 Å². The fourth-order valence-electron chi connectivity index (χ4n) is 2.89. The minimum Gasteiger partial charge on any atom is -0.493 e. The maximum atomic E-state index is 11.5. The lowest BCUT2D eigenvalue weighted by atomic mass is 9.99. The minimum atomic E-state index is -1.62. The number of aliphatic hydroxyl groups is 4. The quantitative estimate of drug-likeness (QED) is 0.473. The van der Waals surface area contributed by atoms with Gasteiger partial charge in [0.15, 0.2) is 11.5 Å². The first kappa shape index (κ1) is 19.4. The molecule has 10 heteroatoms. The van der Waals surface area contributed by atoms with Crippen LogP contribution in [-0.4, -0.2) is 72.0 Å². The fourth-order valence-corrected chi connectivity index (χ4v) is 2.89. The van der Waals surface area contributed by atoms with Crippen molar-refractivity contribution in [2.75, 3.05) is 20.8 Å². The van der Waals surface area contributed by atoms with Crippen molar-refractivity contribution in [3.8, 4) is 17.2 Å². The summed E-state index contributed by atoms with van der Waals surface area (Å²) in [5, 5.41) is 39.7. The van der Waals surface area contributed by atoms with Gasteiger partial charge in [0.05, 0.1) is 26.2 Å². The van der Waals surface area contributed by atoms with Gasteiger partial charge in [-0.15, -0.1) is 0 Å². The van der Waals surface area contributed by atoms with Gasteiger partial charge < -0.3 is 43.8 Å². The molecular formula is C17H20O10. The SMILES string of the molecule is COc1cc2oc(=O)ccc2c(O[C@@H]2O[C@@H](CO)[C@H](O)[C@@H](O)[C@H]2O)c1OC. The topological polar surface area (TPSA) is 148 Å². The Hall–Kier alpha value is -2.37. The molecule has 2 aromatic rings. The number of fused-ring (bicyclic) bond motifs is 1. The molecule has 4 N–H and O–H groups in total. The van der Waals surface area contributed by atoms with Crippen molar-refractivity contribution in [2.45, 2.75) is 30.7 Å². The Kier molecular flexibility index (Phi) is 5.53. The predicted octanol–water partition coefficient (Wildman–Crippen LogP) is -1.01. The van der Waals surface area contributed by atoms with E-state index in [1.807, 2.05) is 0 Å². The van der Waals surface area contributed by atoms with Crippen molar-refractivity contribution in [3.63, 3.8) is 0 Å². The lowest BCUT2D eigenvalue weighted by Gasteiger charge is -2.39. The number of benzene rings is 1. The van der Waals surface area contributed by atoms with E-state index in [0.29, 0.717) is 5.39 Å². The Labute approximate surface area is 153 Å². The molecule has 1 aromatic heterocycles. The lowest BCUT2D eigenvalue weighted by Crippen LogP contribution is -2.60. The Morgan fingerprint density at radius 2 is 1.78 bits per heavy atom. The highest BCUT2D eigenvalue weighted by Crippen LogP contribution is 2.44. The molecule has 5 atom stereocenters. The number of hydrogen-bond acceptors (Lipinski definition) is 10. The minimum absolute atomic E-state index is 0.0277. The van der Waals surface area contributed by atoms with E-state index in [1.165, 1.54) is 32.4 Å². The lowest BCUT2D eigenvalue weighted by molar-refractivity contribution is -0.277. The average molecular weight is 384 g/mol. The molecule has 0 aliphatic carbocycles. The largest absolute Gasteiger partial charge is 0.493 e. The van der Waals surface area contributed by atoms with Crippen LogP contribution >= 0.6 is 0 Å².